The Morgan fingerprint density at radius 3 is 2.60 bits per heavy atom. The third-order valence-corrected chi connectivity index (χ3v) is 6.54. The molecule has 1 saturated heterocycles. The smallest absolute Gasteiger partial charge is 0.244 e. The lowest BCUT2D eigenvalue weighted by Crippen LogP contribution is -2.38. The Bertz CT molecular complexity index is 660. The van der Waals surface area contributed by atoms with Gasteiger partial charge in [-0.25, -0.2) is 13.1 Å². The number of sulfonamides is 1. The van der Waals surface area contributed by atoms with Gasteiger partial charge in [0.05, 0.1) is 6.61 Å². The minimum atomic E-state index is -3.64. The number of hydrogen-bond acceptors (Lipinski definition) is 4. The molecule has 8 heteroatoms. The van der Waals surface area contributed by atoms with Crippen LogP contribution in [0.5, 0.6) is 5.75 Å². The van der Waals surface area contributed by atoms with Crippen molar-refractivity contribution in [2.45, 2.75) is 37.0 Å². The van der Waals surface area contributed by atoms with E-state index in [9.17, 15) is 8.42 Å². The van der Waals surface area contributed by atoms with Gasteiger partial charge in [0.2, 0.25) is 10.0 Å². The summed E-state index contributed by atoms with van der Waals surface area (Å²) in [6.07, 6.45) is 5.66. The van der Waals surface area contributed by atoms with Gasteiger partial charge in [0.25, 0.3) is 0 Å². The van der Waals surface area contributed by atoms with Crippen LogP contribution in [0.15, 0.2) is 23.1 Å². The van der Waals surface area contributed by atoms with E-state index in [0.717, 1.165) is 38.8 Å². The summed E-state index contributed by atoms with van der Waals surface area (Å²) in [5, 5.41) is 3.69. The molecule has 1 saturated carbocycles. The number of piperidine rings is 1. The maximum absolute atomic E-state index is 12.7. The van der Waals surface area contributed by atoms with E-state index in [4.69, 9.17) is 16.3 Å². The van der Waals surface area contributed by atoms with Gasteiger partial charge >= 0.3 is 0 Å². The Morgan fingerprint density at radius 1 is 1.20 bits per heavy atom. The topological polar surface area (TPSA) is 67.4 Å². The maximum atomic E-state index is 12.7. The highest BCUT2D eigenvalue weighted by atomic mass is 35.5. The third-order valence-electron chi connectivity index (χ3n) is 4.86. The Morgan fingerprint density at radius 2 is 1.96 bits per heavy atom. The van der Waals surface area contributed by atoms with Gasteiger partial charge in [0, 0.05) is 11.6 Å². The summed E-state index contributed by atoms with van der Waals surface area (Å²) in [6.45, 7) is 2.86. The molecule has 142 valence electrons. The number of nitrogens with one attached hydrogen (secondary N) is 2. The number of halogens is 2. The predicted octanol–water partition coefficient (Wildman–Crippen LogP) is 3.22. The van der Waals surface area contributed by atoms with Crippen LogP contribution in [0.3, 0.4) is 0 Å². The standard InChI is InChI=1S/C17H25ClN2O3S.ClH/c18-15-6-7-16(23-12-13-3-1-4-13)17(9-15)24(21,22)20-11-14-5-2-8-19-10-14;/h6-7,9,13-14,19-20H,1-5,8,10-12H2;1H. The third kappa shape index (κ3) is 5.73. The zero-order chi connectivity index (χ0) is 17.0. The van der Waals surface area contributed by atoms with Crippen molar-refractivity contribution in [3.8, 4) is 5.75 Å². The van der Waals surface area contributed by atoms with Crippen molar-refractivity contribution in [2.24, 2.45) is 11.8 Å². The number of benzene rings is 1. The molecule has 1 atom stereocenters. The summed E-state index contributed by atoms with van der Waals surface area (Å²) in [5.41, 5.74) is 0. The van der Waals surface area contributed by atoms with Gasteiger partial charge in [0.15, 0.2) is 0 Å². The summed E-state index contributed by atoms with van der Waals surface area (Å²) >= 11 is 6.02. The van der Waals surface area contributed by atoms with Crippen LogP contribution in [0, 0.1) is 11.8 Å². The summed E-state index contributed by atoms with van der Waals surface area (Å²) in [6, 6.07) is 4.79. The molecule has 1 heterocycles. The van der Waals surface area contributed by atoms with E-state index in [1.54, 1.807) is 12.1 Å². The minimum Gasteiger partial charge on any atom is -0.492 e. The Labute approximate surface area is 161 Å². The van der Waals surface area contributed by atoms with E-state index in [2.05, 4.69) is 10.0 Å². The maximum Gasteiger partial charge on any atom is 0.244 e. The van der Waals surface area contributed by atoms with E-state index in [1.807, 2.05) is 0 Å². The van der Waals surface area contributed by atoms with Crippen molar-refractivity contribution in [2.75, 3.05) is 26.2 Å². The van der Waals surface area contributed by atoms with Gasteiger partial charge in [0.1, 0.15) is 10.6 Å². The Balaban J connectivity index is 0.00000225. The second-order valence-corrected chi connectivity index (χ2v) is 8.94. The monoisotopic (exact) mass is 408 g/mol. The van der Waals surface area contributed by atoms with Gasteiger partial charge in [-0.05, 0) is 68.8 Å². The molecular weight excluding hydrogens is 383 g/mol. The van der Waals surface area contributed by atoms with E-state index in [0.29, 0.717) is 35.8 Å². The molecule has 2 aliphatic rings. The van der Waals surface area contributed by atoms with Crippen LogP contribution in [0.2, 0.25) is 5.02 Å². The van der Waals surface area contributed by atoms with Crippen LogP contribution in [0.25, 0.3) is 0 Å². The zero-order valence-electron chi connectivity index (χ0n) is 14.2. The van der Waals surface area contributed by atoms with Crippen molar-refractivity contribution >= 4 is 34.0 Å². The lowest BCUT2D eigenvalue weighted by molar-refractivity contribution is 0.177. The van der Waals surface area contributed by atoms with Gasteiger partial charge in [-0.1, -0.05) is 18.0 Å². The van der Waals surface area contributed by atoms with Gasteiger partial charge in [-0.3, -0.25) is 0 Å². The second-order valence-electron chi connectivity index (χ2n) is 6.76. The summed E-state index contributed by atoms with van der Waals surface area (Å²) < 4.78 is 33.9. The lowest BCUT2D eigenvalue weighted by Gasteiger charge is -2.26. The van der Waals surface area contributed by atoms with Gasteiger partial charge < -0.3 is 10.1 Å². The van der Waals surface area contributed by atoms with E-state index >= 15 is 0 Å². The minimum absolute atomic E-state index is 0. The molecule has 1 aromatic carbocycles. The van der Waals surface area contributed by atoms with Crippen LogP contribution in [-0.4, -0.2) is 34.7 Å². The highest BCUT2D eigenvalue weighted by Crippen LogP contribution is 2.31. The highest BCUT2D eigenvalue weighted by molar-refractivity contribution is 7.89. The molecule has 0 aromatic heterocycles. The molecule has 0 spiro atoms. The van der Waals surface area contributed by atoms with Crippen LogP contribution in [0.1, 0.15) is 32.1 Å². The fourth-order valence-electron chi connectivity index (χ4n) is 3.08. The number of ether oxygens (including phenoxy) is 1. The average Bonchev–Trinajstić information content (AvgIpc) is 2.54. The quantitative estimate of drug-likeness (QED) is 0.726. The predicted molar refractivity (Wildman–Crippen MR) is 102 cm³/mol. The highest BCUT2D eigenvalue weighted by Gasteiger charge is 2.24. The van der Waals surface area contributed by atoms with Crippen molar-refractivity contribution in [1.29, 1.82) is 0 Å². The molecule has 1 aromatic rings. The molecular formula is C17H26Cl2N2O3S. The molecule has 0 amide bonds. The largest absolute Gasteiger partial charge is 0.492 e. The summed E-state index contributed by atoms with van der Waals surface area (Å²) in [7, 11) is -3.64. The first kappa shape index (κ1) is 20.8. The summed E-state index contributed by atoms with van der Waals surface area (Å²) in [4.78, 5) is 0.137. The Kier molecular flexibility index (Phi) is 7.83. The second kappa shape index (κ2) is 9.42. The molecule has 1 aliphatic carbocycles. The molecule has 0 radical (unpaired) electrons. The molecule has 0 bridgehead atoms. The van der Waals surface area contributed by atoms with Crippen molar-refractivity contribution < 1.29 is 13.2 Å². The molecule has 5 nitrogen and oxygen atoms in total. The fourth-order valence-corrected chi connectivity index (χ4v) is 4.60. The van der Waals surface area contributed by atoms with Crippen molar-refractivity contribution in [3.63, 3.8) is 0 Å². The van der Waals surface area contributed by atoms with Crippen molar-refractivity contribution in [1.82, 2.24) is 10.0 Å². The van der Waals surface area contributed by atoms with E-state index < -0.39 is 10.0 Å². The van der Waals surface area contributed by atoms with Gasteiger partial charge in [-0.15, -0.1) is 12.4 Å². The molecule has 3 rings (SSSR count). The fraction of sp³-hybridized carbons (Fsp3) is 0.647. The van der Waals surface area contributed by atoms with Crippen LogP contribution in [0.4, 0.5) is 0 Å². The van der Waals surface area contributed by atoms with Gasteiger partial charge in [-0.2, -0.15) is 0 Å². The molecule has 2 fully saturated rings. The summed E-state index contributed by atoms with van der Waals surface area (Å²) in [5.74, 6) is 1.25. The first-order valence-electron chi connectivity index (χ1n) is 8.67. The zero-order valence-corrected chi connectivity index (χ0v) is 16.6. The van der Waals surface area contributed by atoms with E-state index in [1.165, 1.54) is 12.5 Å². The van der Waals surface area contributed by atoms with E-state index in [-0.39, 0.29) is 17.3 Å². The van der Waals surface area contributed by atoms with Crippen LogP contribution < -0.4 is 14.8 Å². The van der Waals surface area contributed by atoms with Crippen LogP contribution in [-0.2, 0) is 10.0 Å². The van der Waals surface area contributed by atoms with Crippen LogP contribution >= 0.6 is 24.0 Å². The number of rotatable bonds is 7. The SMILES string of the molecule is Cl.O=S(=O)(NCC1CCCNC1)c1cc(Cl)ccc1OCC1CCC1. The molecule has 2 N–H and O–H groups in total. The van der Waals surface area contributed by atoms with Crippen molar-refractivity contribution in [3.05, 3.63) is 23.2 Å². The first-order chi connectivity index (χ1) is 11.5. The molecule has 25 heavy (non-hydrogen) atoms. The number of hydrogen-bond donors (Lipinski definition) is 2. The Hall–Kier alpha value is -0.530. The first-order valence-corrected chi connectivity index (χ1v) is 10.5. The molecule has 1 unspecified atom stereocenters. The normalized spacial score (nSPS) is 21.2. The lowest BCUT2D eigenvalue weighted by atomic mass is 9.86. The molecule has 1 aliphatic heterocycles. The average molecular weight is 409 g/mol.